The zero-order valence-electron chi connectivity index (χ0n) is 20.1. The number of hydrogen-bond acceptors (Lipinski definition) is 6. The zero-order chi connectivity index (χ0) is 25.7. The number of carboxylic acids is 1. The number of carbonyl (C=O) groups excluding carboxylic acids is 1. The predicted molar refractivity (Wildman–Crippen MR) is 146 cm³/mol. The number of thiocarbonyl (C=S) groups is 1. The first-order valence-electron chi connectivity index (χ1n) is 11.7. The van der Waals surface area contributed by atoms with Gasteiger partial charge in [-0.05, 0) is 54.8 Å². The predicted octanol–water partition coefficient (Wildman–Crippen LogP) is 5.64. The molecular weight excluding hydrogens is 494 g/mol. The fraction of sp³-hybridized carbons (Fsp3) is 0.259. The summed E-state index contributed by atoms with van der Waals surface area (Å²) in [6, 6.07) is 17.5. The van der Waals surface area contributed by atoms with Gasteiger partial charge in [-0.15, -0.1) is 0 Å². The summed E-state index contributed by atoms with van der Waals surface area (Å²) in [5.74, 6) is 0.111. The van der Waals surface area contributed by atoms with E-state index in [0.717, 1.165) is 28.3 Å². The Morgan fingerprint density at radius 3 is 2.56 bits per heavy atom. The molecule has 3 aromatic rings. The van der Waals surface area contributed by atoms with Crippen molar-refractivity contribution in [3.63, 3.8) is 0 Å². The first kappa shape index (κ1) is 25.7. The van der Waals surface area contributed by atoms with Crippen molar-refractivity contribution in [1.82, 2.24) is 14.7 Å². The van der Waals surface area contributed by atoms with Gasteiger partial charge in [0.15, 0.2) is 0 Å². The van der Waals surface area contributed by atoms with Gasteiger partial charge < -0.3 is 9.84 Å². The number of carbonyl (C=O) groups is 2. The summed E-state index contributed by atoms with van der Waals surface area (Å²) in [7, 11) is 0. The van der Waals surface area contributed by atoms with E-state index in [9.17, 15) is 9.59 Å². The molecule has 1 saturated heterocycles. The second-order valence-corrected chi connectivity index (χ2v) is 10.4. The molecular formula is C27H27N3O4S2. The number of benzene rings is 2. The van der Waals surface area contributed by atoms with Crippen molar-refractivity contribution in [3.05, 3.63) is 71.3 Å². The van der Waals surface area contributed by atoms with Crippen LogP contribution < -0.4 is 4.74 Å². The van der Waals surface area contributed by atoms with E-state index < -0.39 is 5.97 Å². The highest BCUT2D eigenvalue weighted by atomic mass is 32.2. The van der Waals surface area contributed by atoms with Crippen LogP contribution in [0.4, 0.5) is 0 Å². The van der Waals surface area contributed by atoms with Crippen LogP contribution in [0.5, 0.6) is 5.75 Å². The van der Waals surface area contributed by atoms with Gasteiger partial charge in [-0.2, -0.15) is 5.10 Å². The Morgan fingerprint density at radius 1 is 1.17 bits per heavy atom. The molecule has 1 aliphatic rings. The monoisotopic (exact) mass is 521 g/mol. The van der Waals surface area contributed by atoms with Crippen LogP contribution in [0, 0.1) is 5.92 Å². The molecule has 0 radical (unpaired) electrons. The molecule has 2 heterocycles. The van der Waals surface area contributed by atoms with Crippen LogP contribution in [0.25, 0.3) is 23.0 Å². The molecule has 0 bridgehead atoms. The van der Waals surface area contributed by atoms with Crippen LogP contribution in [0.2, 0.25) is 0 Å². The van der Waals surface area contributed by atoms with Crippen molar-refractivity contribution in [2.75, 3.05) is 13.2 Å². The number of hydrogen-bond donors (Lipinski definition) is 1. The first-order valence-corrected chi connectivity index (χ1v) is 12.9. The summed E-state index contributed by atoms with van der Waals surface area (Å²) in [6.45, 7) is 5.13. The third-order valence-corrected chi connectivity index (χ3v) is 6.78. The van der Waals surface area contributed by atoms with E-state index in [1.165, 1.54) is 16.7 Å². The van der Waals surface area contributed by atoms with Gasteiger partial charge in [-0.3, -0.25) is 14.5 Å². The molecule has 0 saturated carbocycles. The minimum absolute atomic E-state index is 0.0129. The van der Waals surface area contributed by atoms with Crippen molar-refractivity contribution in [2.24, 2.45) is 5.92 Å². The van der Waals surface area contributed by atoms with Crippen LogP contribution in [0.15, 0.2) is 65.7 Å². The number of ether oxygens (including phenoxy) is 1. The van der Waals surface area contributed by atoms with E-state index in [-0.39, 0.29) is 18.9 Å². The van der Waals surface area contributed by atoms with E-state index in [1.54, 1.807) is 10.8 Å². The fourth-order valence-corrected chi connectivity index (χ4v) is 4.92. The number of para-hydroxylation sites is 1. The molecule has 9 heteroatoms. The van der Waals surface area contributed by atoms with Gasteiger partial charge in [-0.25, -0.2) is 4.68 Å². The maximum absolute atomic E-state index is 13.1. The highest BCUT2D eigenvalue weighted by Crippen LogP contribution is 2.35. The molecule has 36 heavy (non-hydrogen) atoms. The summed E-state index contributed by atoms with van der Waals surface area (Å²) >= 11 is 6.62. The Labute approximate surface area is 219 Å². The summed E-state index contributed by atoms with van der Waals surface area (Å²) in [4.78, 5) is 25.9. The van der Waals surface area contributed by atoms with Crippen molar-refractivity contribution in [2.45, 2.75) is 26.7 Å². The fourth-order valence-electron chi connectivity index (χ4n) is 3.62. The smallest absolute Gasteiger partial charge is 0.303 e. The molecule has 1 fully saturated rings. The zero-order valence-corrected chi connectivity index (χ0v) is 21.7. The van der Waals surface area contributed by atoms with Crippen LogP contribution in [0.1, 0.15) is 32.3 Å². The molecule has 1 amide bonds. The number of thioether (sulfide) groups is 1. The minimum Gasteiger partial charge on any atom is -0.493 e. The second kappa shape index (κ2) is 11.5. The van der Waals surface area contributed by atoms with E-state index in [0.29, 0.717) is 28.2 Å². The average molecular weight is 522 g/mol. The van der Waals surface area contributed by atoms with Gasteiger partial charge in [0.25, 0.3) is 5.91 Å². The first-order chi connectivity index (χ1) is 17.3. The van der Waals surface area contributed by atoms with Gasteiger partial charge >= 0.3 is 5.97 Å². The van der Waals surface area contributed by atoms with E-state index in [2.05, 4.69) is 13.8 Å². The summed E-state index contributed by atoms with van der Waals surface area (Å²) in [5.41, 5.74) is 3.30. The molecule has 7 nitrogen and oxygen atoms in total. The Kier molecular flexibility index (Phi) is 8.22. The largest absolute Gasteiger partial charge is 0.493 e. The summed E-state index contributed by atoms with van der Waals surface area (Å²) < 4.78 is 8.03. The Hall–Kier alpha value is -3.43. The lowest BCUT2D eigenvalue weighted by Crippen LogP contribution is -2.29. The molecule has 0 unspecified atom stereocenters. The Bertz CT molecular complexity index is 1280. The van der Waals surface area contributed by atoms with E-state index >= 15 is 0 Å². The standard InChI is InChI=1S/C27H27N3O4S2/c1-18(2)17-34-22-12-10-19(11-13-22)25-20(16-30(28-25)21-7-4-3-5-8-21)15-23-26(33)29(27(35)36-23)14-6-9-24(31)32/h3-5,7-8,10-13,15-16,18H,6,9,14,17H2,1-2H3,(H,31,32). The number of amides is 1. The van der Waals surface area contributed by atoms with Gasteiger partial charge in [0.05, 0.1) is 22.9 Å². The lowest BCUT2D eigenvalue weighted by Gasteiger charge is -2.13. The molecule has 1 N–H and O–H groups in total. The lowest BCUT2D eigenvalue weighted by molar-refractivity contribution is -0.137. The minimum atomic E-state index is -0.894. The Balaban J connectivity index is 1.65. The molecule has 1 aromatic heterocycles. The van der Waals surface area contributed by atoms with Crippen molar-refractivity contribution in [3.8, 4) is 22.7 Å². The van der Waals surface area contributed by atoms with Gasteiger partial charge in [0, 0.05) is 30.3 Å². The normalized spacial score (nSPS) is 14.8. The van der Waals surface area contributed by atoms with E-state index in [1.807, 2.05) is 60.8 Å². The maximum atomic E-state index is 13.1. The number of aliphatic carboxylic acids is 1. The van der Waals surface area contributed by atoms with E-state index in [4.69, 9.17) is 27.2 Å². The van der Waals surface area contributed by atoms with Crippen molar-refractivity contribution >= 4 is 46.3 Å². The van der Waals surface area contributed by atoms with Crippen LogP contribution in [-0.2, 0) is 9.59 Å². The number of nitrogens with zero attached hydrogens (tertiary/aromatic N) is 3. The highest BCUT2D eigenvalue weighted by molar-refractivity contribution is 8.26. The second-order valence-electron chi connectivity index (χ2n) is 8.77. The summed E-state index contributed by atoms with van der Waals surface area (Å²) in [5, 5.41) is 13.7. The maximum Gasteiger partial charge on any atom is 0.303 e. The topological polar surface area (TPSA) is 84.7 Å². The molecule has 2 aromatic carbocycles. The third kappa shape index (κ3) is 6.22. The third-order valence-electron chi connectivity index (χ3n) is 5.41. The summed E-state index contributed by atoms with van der Waals surface area (Å²) in [6.07, 6.45) is 4.03. The quantitative estimate of drug-likeness (QED) is 0.273. The SMILES string of the molecule is CC(C)COc1ccc(-c2nn(-c3ccccc3)cc2C=C2SC(=S)N(CCCC(=O)O)C2=O)cc1. The van der Waals surface area contributed by atoms with Crippen LogP contribution in [-0.4, -0.2) is 49.1 Å². The number of aromatic nitrogens is 2. The molecule has 0 atom stereocenters. The van der Waals surface area contributed by atoms with Gasteiger partial charge in [0.2, 0.25) is 0 Å². The van der Waals surface area contributed by atoms with Crippen LogP contribution in [0.3, 0.4) is 0 Å². The van der Waals surface area contributed by atoms with Gasteiger partial charge in [0.1, 0.15) is 10.1 Å². The molecule has 1 aliphatic heterocycles. The average Bonchev–Trinajstić information content (AvgIpc) is 3.40. The van der Waals surface area contributed by atoms with Crippen LogP contribution >= 0.6 is 24.0 Å². The highest BCUT2D eigenvalue weighted by Gasteiger charge is 2.32. The van der Waals surface area contributed by atoms with Crippen molar-refractivity contribution < 1.29 is 19.4 Å². The van der Waals surface area contributed by atoms with Crippen molar-refractivity contribution in [1.29, 1.82) is 0 Å². The number of rotatable bonds is 10. The molecule has 186 valence electrons. The lowest BCUT2D eigenvalue weighted by atomic mass is 10.1. The molecule has 4 rings (SSSR count). The van der Waals surface area contributed by atoms with Gasteiger partial charge in [-0.1, -0.05) is 56.0 Å². The Morgan fingerprint density at radius 2 is 1.89 bits per heavy atom. The molecule has 0 spiro atoms. The molecule has 0 aliphatic carbocycles. The number of carboxylic acid groups (broad SMARTS) is 1.